The van der Waals surface area contributed by atoms with Gasteiger partial charge in [0.25, 0.3) is 0 Å². The molecule has 2 aromatic carbocycles. The van der Waals surface area contributed by atoms with E-state index in [2.05, 4.69) is 20.9 Å². The average molecular weight is 437 g/mol. The molecule has 0 atom stereocenters. The SMILES string of the molecule is COc1ccc(C(=O)CN(C2=NCCCS2)c2ccc(Br)cc2)c(F)c1. The molecule has 136 valence electrons. The third kappa shape index (κ3) is 4.45. The summed E-state index contributed by atoms with van der Waals surface area (Å²) in [5, 5.41) is 0.792. The molecule has 4 nitrogen and oxygen atoms in total. The van der Waals surface area contributed by atoms with Gasteiger partial charge in [0.05, 0.1) is 19.2 Å². The predicted octanol–water partition coefficient (Wildman–Crippen LogP) is 4.78. The maximum atomic E-state index is 14.3. The zero-order valence-electron chi connectivity index (χ0n) is 14.2. The summed E-state index contributed by atoms with van der Waals surface area (Å²) >= 11 is 5.03. The lowest BCUT2D eigenvalue weighted by Crippen LogP contribution is -2.35. The Hall–Kier alpha value is -1.86. The number of methoxy groups -OCH3 is 1. The molecule has 0 N–H and O–H groups in total. The molecule has 0 aromatic heterocycles. The van der Waals surface area contributed by atoms with Crippen LogP contribution in [0.3, 0.4) is 0 Å². The highest BCUT2D eigenvalue weighted by atomic mass is 79.9. The van der Waals surface area contributed by atoms with E-state index in [0.29, 0.717) is 5.75 Å². The van der Waals surface area contributed by atoms with Crippen LogP contribution in [0.2, 0.25) is 0 Å². The van der Waals surface area contributed by atoms with Gasteiger partial charge in [-0.2, -0.15) is 0 Å². The maximum Gasteiger partial charge on any atom is 0.185 e. The van der Waals surface area contributed by atoms with Crippen LogP contribution in [-0.4, -0.2) is 36.9 Å². The number of Topliss-reactive ketones (excluding diaryl/α,β-unsaturated/α-hetero) is 1. The normalized spacial score (nSPS) is 13.9. The van der Waals surface area contributed by atoms with E-state index in [9.17, 15) is 9.18 Å². The van der Waals surface area contributed by atoms with Crippen LogP contribution in [-0.2, 0) is 0 Å². The summed E-state index contributed by atoms with van der Waals surface area (Å²) in [4.78, 5) is 19.2. The van der Waals surface area contributed by atoms with Crippen LogP contribution >= 0.6 is 27.7 Å². The van der Waals surface area contributed by atoms with E-state index in [1.54, 1.807) is 17.8 Å². The van der Waals surface area contributed by atoms with Crippen molar-refractivity contribution >= 4 is 44.3 Å². The van der Waals surface area contributed by atoms with Gasteiger partial charge in [-0.25, -0.2) is 4.39 Å². The summed E-state index contributed by atoms with van der Waals surface area (Å²) in [6.45, 7) is 0.761. The van der Waals surface area contributed by atoms with Crippen molar-refractivity contribution in [1.29, 1.82) is 0 Å². The van der Waals surface area contributed by atoms with Crippen LogP contribution in [0.5, 0.6) is 5.75 Å². The average Bonchev–Trinajstić information content (AvgIpc) is 2.67. The number of carbonyl (C=O) groups excluding carboxylic acids is 1. The van der Waals surface area contributed by atoms with Crippen molar-refractivity contribution in [2.75, 3.05) is 30.9 Å². The Bertz CT molecular complexity index is 827. The summed E-state index contributed by atoms with van der Waals surface area (Å²) in [6, 6.07) is 11.9. The Morgan fingerprint density at radius 2 is 2.08 bits per heavy atom. The second-order valence-electron chi connectivity index (χ2n) is 5.70. The second kappa shape index (κ2) is 8.68. The largest absolute Gasteiger partial charge is 0.497 e. The Balaban J connectivity index is 1.88. The van der Waals surface area contributed by atoms with Crippen molar-refractivity contribution in [2.45, 2.75) is 6.42 Å². The quantitative estimate of drug-likeness (QED) is 0.632. The van der Waals surface area contributed by atoms with Gasteiger partial charge in [-0.05, 0) is 42.8 Å². The molecule has 0 saturated carbocycles. The van der Waals surface area contributed by atoms with Crippen LogP contribution in [0.4, 0.5) is 10.1 Å². The van der Waals surface area contributed by atoms with Crippen molar-refractivity contribution < 1.29 is 13.9 Å². The molecule has 2 aromatic rings. The van der Waals surface area contributed by atoms with E-state index in [1.807, 2.05) is 29.2 Å². The maximum absolute atomic E-state index is 14.3. The molecule has 1 aliphatic rings. The molecular formula is C19H18BrFN2O2S. The summed E-state index contributed by atoms with van der Waals surface area (Å²) in [5.74, 6) is 0.457. The van der Waals surface area contributed by atoms with Crippen LogP contribution in [0.1, 0.15) is 16.8 Å². The highest BCUT2D eigenvalue weighted by molar-refractivity contribution is 9.10. The lowest BCUT2D eigenvalue weighted by molar-refractivity contribution is 0.0998. The van der Waals surface area contributed by atoms with Gasteiger partial charge in [0, 0.05) is 28.5 Å². The van der Waals surface area contributed by atoms with Gasteiger partial charge >= 0.3 is 0 Å². The first-order valence-electron chi connectivity index (χ1n) is 8.15. The first-order chi connectivity index (χ1) is 12.6. The number of halogens is 2. The van der Waals surface area contributed by atoms with Gasteiger partial charge in [0.15, 0.2) is 11.0 Å². The number of hydrogen-bond donors (Lipinski definition) is 0. The fraction of sp³-hybridized carbons (Fsp3) is 0.263. The number of carbonyl (C=O) groups is 1. The number of benzene rings is 2. The molecule has 0 radical (unpaired) electrons. The highest BCUT2D eigenvalue weighted by Crippen LogP contribution is 2.25. The van der Waals surface area contributed by atoms with Crippen LogP contribution in [0.15, 0.2) is 51.9 Å². The molecule has 0 bridgehead atoms. The zero-order chi connectivity index (χ0) is 18.5. The number of ether oxygens (including phenoxy) is 1. The Kier molecular flexibility index (Phi) is 6.32. The Morgan fingerprint density at radius 3 is 2.69 bits per heavy atom. The first-order valence-corrected chi connectivity index (χ1v) is 9.93. The number of ketones is 1. The van der Waals surface area contributed by atoms with E-state index in [-0.39, 0.29) is 17.9 Å². The Labute approximate surface area is 164 Å². The molecule has 26 heavy (non-hydrogen) atoms. The first kappa shape index (κ1) is 18.9. The smallest absolute Gasteiger partial charge is 0.185 e. The van der Waals surface area contributed by atoms with Gasteiger partial charge in [0.2, 0.25) is 0 Å². The minimum Gasteiger partial charge on any atom is -0.497 e. The number of rotatable bonds is 5. The van der Waals surface area contributed by atoms with Gasteiger partial charge in [-0.3, -0.25) is 9.79 Å². The monoisotopic (exact) mass is 436 g/mol. The molecule has 1 heterocycles. The summed E-state index contributed by atoms with van der Waals surface area (Å²) < 4.78 is 20.2. The third-order valence-electron chi connectivity index (χ3n) is 3.93. The molecule has 0 saturated heterocycles. The van der Waals surface area contributed by atoms with Crippen LogP contribution in [0, 0.1) is 5.82 Å². The standard InChI is InChI=1S/C19H18BrFN2O2S/c1-25-15-7-8-16(17(21)11-15)18(24)12-23(19-22-9-2-10-26-19)14-5-3-13(20)4-6-14/h3-8,11H,2,9-10,12H2,1H3. The molecular weight excluding hydrogens is 419 g/mol. The number of thioether (sulfide) groups is 1. The number of hydrogen-bond acceptors (Lipinski definition) is 5. The molecule has 0 spiro atoms. The molecule has 3 rings (SSSR count). The van der Waals surface area contributed by atoms with E-state index in [1.165, 1.54) is 19.2 Å². The number of aliphatic imine (C=N–C) groups is 1. The van der Waals surface area contributed by atoms with E-state index >= 15 is 0 Å². The fourth-order valence-electron chi connectivity index (χ4n) is 2.58. The van der Waals surface area contributed by atoms with Gasteiger partial charge in [-0.15, -0.1) is 0 Å². The van der Waals surface area contributed by atoms with Crippen molar-refractivity contribution in [3.05, 3.63) is 58.3 Å². The molecule has 0 aliphatic carbocycles. The van der Waals surface area contributed by atoms with Crippen molar-refractivity contribution in [2.24, 2.45) is 4.99 Å². The summed E-state index contributed by atoms with van der Waals surface area (Å²) in [7, 11) is 1.46. The Morgan fingerprint density at radius 1 is 1.31 bits per heavy atom. The molecule has 0 amide bonds. The summed E-state index contributed by atoms with van der Waals surface area (Å²) in [5.41, 5.74) is 0.901. The minimum absolute atomic E-state index is 0.0245. The fourth-order valence-corrected chi connectivity index (χ4v) is 3.81. The number of amidine groups is 1. The highest BCUT2D eigenvalue weighted by Gasteiger charge is 2.22. The molecule has 0 fully saturated rings. The minimum atomic E-state index is -0.580. The van der Waals surface area contributed by atoms with E-state index in [4.69, 9.17) is 4.74 Å². The van der Waals surface area contributed by atoms with Crippen molar-refractivity contribution in [1.82, 2.24) is 0 Å². The lowest BCUT2D eigenvalue weighted by atomic mass is 10.1. The second-order valence-corrected chi connectivity index (χ2v) is 7.68. The van der Waals surface area contributed by atoms with E-state index < -0.39 is 5.82 Å². The molecule has 7 heteroatoms. The van der Waals surface area contributed by atoms with Gasteiger partial charge in [-0.1, -0.05) is 27.7 Å². The third-order valence-corrected chi connectivity index (χ3v) is 5.56. The zero-order valence-corrected chi connectivity index (χ0v) is 16.6. The van der Waals surface area contributed by atoms with Crippen molar-refractivity contribution in [3.63, 3.8) is 0 Å². The predicted molar refractivity (Wildman–Crippen MR) is 108 cm³/mol. The number of anilines is 1. The summed E-state index contributed by atoms with van der Waals surface area (Å²) in [6.07, 6.45) is 1.02. The number of nitrogens with zero attached hydrogens (tertiary/aromatic N) is 2. The molecule has 0 unspecified atom stereocenters. The van der Waals surface area contributed by atoms with E-state index in [0.717, 1.165) is 34.0 Å². The van der Waals surface area contributed by atoms with Crippen LogP contribution in [0.25, 0.3) is 0 Å². The van der Waals surface area contributed by atoms with Crippen molar-refractivity contribution in [3.8, 4) is 5.75 Å². The van der Waals surface area contributed by atoms with Gasteiger partial charge in [0.1, 0.15) is 11.6 Å². The molecule has 1 aliphatic heterocycles. The topological polar surface area (TPSA) is 41.9 Å². The lowest BCUT2D eigenvalue weighted by Gasteiger charge is -2.27. The van der Waals surface area contributed by atoms with Crippen LogP contribution < -0.4 is 9.64 Å². The van der Waals surface area contributed by atoms with Gasteiger partial charge < -0.3 is 9.64 Å².